The van der Waals surface area contributed by atoms with Gasteiger partial charge >= 0.3 is 5.97 Å². The number of carbonyl (C=O) groups excluding carboxylic acids is 2. The maximum absolute atomic E-state index is 12.7. The second kappa shape index (κ2) is 7.11. The fourth-order valence-corrected chi connectivity index (χ4v) is 2.97. The van der Waals surface area contributed by atoms with Crippen molar-refractivity contribution in [2.75, 3.05) is 0 Å². The van der Waals surface area contributed by atoms with E-state index in [1.165, 1.54) is 6.07 Å². The van der Waals surface area contributed by atoms with Gasteiger partial charge < -0.3 is 15.2 Å². The minimum absolute atomic E-state index is 0.0360. The van der Waals surface area contributed by atoms with E-state index < -0.39 is 12.1 Å². The van der Waals surface area contributed by atoms with Gasteiger partial charge in [0.15, 0.2) is 0 Å². The summed E-state index contributed by atoms with van der Waals surface area (Å²) in [6.07, 6.45) is 0.810. The Morgan fingerprint density at radius 2 is 1.59 bits per heavy atom. The highest BCUT2D eigenvalue weighted by Gasteiger charge is 2.31. The standard InChI is InChI=1S/C22H19NO4/c24-19-13-16-9-5-4-8-15(16)12-18(19)22(26)27-20(14-6-2-1-3-7-14)21(25)23-17-10-11-17/h1-9,12-13,17,20,24H,10-11H2,(H,23,25)/t20-/m1/s1. The number of rotatable bonds is 5. The number of hydrogen-bond donors (Lipinski definition) is 2. The molecular formula is C22H19NO4. The lowest BCUT2D eigenvalue weighted by atomic mass is 10.1. The summed E-state index contributed by atoms with van der Waals surface area (Å²) in [7, 11) is 0. The number of nitrogens with one attached hydrogen (secondary N) is 1. The molecule has 0 radical (unpaired) electrons. The van der Waals surface area contributed by atoms with Gasteiger partial charge in [-0.3, -0.25) is 4.79 Å². The van der Waals surface area contributed by atoms with E-state index in [2.05, 4.69) is 5.32 Å². The lowest BCUT2D eigenvalue weighted by molar-refractivity contribution is -0.130. The molecule has 0 aliphatic heterocycles. The molecule has 0 heterocycles. The van der Waals surface area contributed by atoms with Crippen LogP contribution in [-0.2, 0) is 9.53 Å². The number of fused-ring (bicyclic) bond motifs is 1. The Balaban J connectivity index is 1.63. The second-order valence-corrected chi connectivity index (χ2v) is 6.70. The van der Waals surface area contributed by atoms with Crippen molar-refractivity contribution in [1.82, 2.24) is 5.32 Å². The van der Waals surface area contributed by atoms with Crippen LogP contribution in [0.4, 0.5) is 0 Å². The van der Waals surface area contributed by atoms with Gasteiger partial charge in [0.2, 0.25) is 6.10 Å². The number of ether oxygens (including phenoxy) is 1. The molecule has 0 bridgehead atoms. The molecule has 1 aliphatic rings. The summed E-state index contributed by atoms with van der Waals surface area (Å²) in [5.74, 6) is -1.26. The molecule has 2 N–H and O–H groups in total. The average molecular weight is 361 g/mol. The lowest BCUT2D eigenvalue weighted by Crippen LogP contribution is -2.33. The van der Waals surface area contributed by atoms with E-state index in [0.29, 0.717) is 5.56 Å². The SMILES string of the molecule is O=C(O[C@@H](C(=O)NC1CC1)c1ccccc1)c1cc2ccccc2cc1O. The topological polar surface area (TPSA) is 75.6 Å². The molecule has 27 heavy (non-hydrogen) atoms. The molecule has 5 heteroatoms. The maximum atomic E-state index is 12.7. The number of hydrogen-bond acceptors (Lipinski definition) is 4. The average Bonchev–Trinajstić information content (AvgIpc) is 3.50. The van der Waals surface area contributed by atoms with Gasteiger partial charge in [0.25, 0.3) is 5.91 Å². The molecule has 0 spiro atoms. The van der Waals surface area contributed by atoms with Gasteiger partial charge in [0.05, 0.1) is 0 Å². The zero-order valence-corrected chi connectivity index (χ0v) is 14.6. The first-order valence-corrected chi connectivity index (χ1v) is 8.90. The largest absolute Gasteiger partial charge is 0.507 e. The molecule has 1 aliphatic carbocycles. The zero-order chi connectivity index (χ0) is 18.8. The normalized spacial score (nSPS) is 14.5. The van der Waals surface area contributed by atoms with Crippen LogP contribution in [-0.4, -0.2) is 23.0 Å². The molecule has 1 amide bonds. The summed E-state index contributed by atoms with van der Waals surface area (Å²) >= 11 is 0. The first kappa shape index (κ1) is 17.1. The summed E-state index contributed by atoms with van der Waals surface area (Å²) < 4.78 is 5.53. The Morgan fingerprint density at radius 1 is 0.963 bits per heavy atom. The minimum atomic E-state index is -1.06. The van der Waals surface area contributed by atoms with Crippen LogP contribution >= 0.6 is 0 Å². The van der Waals surface area contributed by atoms with Gasteiger partial charge in [0, 0.05) is 11.6 Å². The summed E-state index contributed by atoms with van der Waals surface area (Å²) in [4.78, 5) is 25.3. The first-order valence-electron chi connectivity index (χ1n) is 8.90. The summed E-state index contributed by atoms with van der Waals surface area (Å²) in [6, 6.07) is 19.5. The highest BCUT2D eigenvalue weighted by Crippen LogP contribution is 2.28. The minimum Gasteiger partial charge on any atom is -0.507 e. The fraction of sp³-hybridized carbons (Fsp3) is 0.182. The Morgan fingerprint density at radius 3 is 2.26 bits per heavy atom. The van der Waals surface area contributed by atoms with E-state index in [1.807, 2.05) is 30.3 Å². The van der Waals surface area contributed by atoms with E-state index >= 15 is 0 Å². The van der Waals surface area contributed by atoms with Crippen molar-refractivity contribution in [2.45, 2.75) is 25.0 Å². The molecule has 1 saturated carbocycles. The van der Waals surface area contributed by atoms with Crippen LogP contribution in [0.1, 0.15) is 34.9 Å². The highest BCUT2D eigenvalue weighted by molar-refractivity contribution is 5.99. The lowest BCUT2D eigenvalue weighted by Gasteiger charge is -2.18. The molecule has 1 fully saturated rings. The van der Waals surface area contributed by atoms with Gasteiger partial charge in [-0.2, -0.15) is 0 Å². The number of carbonyl (C=O) groups is 2. The van der Waals surface area contributed by atoms with Gasteiger partial charge in [-0.15, -0.1) is 0 Å². The number of esters is 1. The van der Waals surface area contributed by atoms with Crippen LogP contribution in [0.15, 0.2) is 66.7 Å². The summed E-state index contributed by atoms with van der Waals surface area (Å²) in [5, 5.41) is 14.8. The quantitative estimate of drug-likeness (QED) is 0.679. The molecule has 3 aromatic carbocycles. The number of phenolic OH excluding ortho intramolecular Hbond substituents is 1. The molecule has 4 rings (SSSR count). The van der Waals surface area contributed by atoms with Crippen LogP contribution in [0.25, 0.3) is 10.8 Å². The second-order valence-electron chi connectivity index (χ2n) is 6.70. The van der Waals surface area contributed by atoms with Gasteiger partial charge in [0.1, 0.15) is 11.3 Å². The molecule has 136 valence electrons. The molecule has 1 atom stereocenters. The third kappa shape index (κ3) is 3.77. The predicted molar refractivity (Wildman–Crippen MR) is 101 cm³/mol. The van der Waals surface area contributed by atoms with Crippen LogP contribution < -0.4 is 5.32 Å². The Hall–Kier alpha value is -3.34. The third-order valence-corrected chi connectivity index (χ3v) is 4.57. The Bertz CT molecular complexity index is 996. The van der Waals surface area contributed by atoms with Crippen molar-refractivity contribution < 1.29 is 19.4 Å². The number of amides is 1. The molecule has 5 nitrogen and oxygen atoms in total. The third-order valence-electron chi connectivity index (χ3n) is 4.57. The van der Waals surface area contributed by atoms with Gasteiger partial charge in [-0.25, -0.2) is 4.79 Å². The monoisotopic (exact) mass is 361 g/mol. The fourth-order valence-electron chi connectivity index (χ4n) is 2.97. The van der Waals surface area contributed by atoms with Crippen molar-refractivity contribution in [2.24, 2.45) is 0 Å². The highest BCUT2D eigenvalue weighted by atomic mass is 16.5. The van der Waals surface area contributed by atoms with Crippen molar-refractivity contribution in [1.29, 1.82) is 0 Å². The van der Waals surface area contributed by atoms with E-state index in [9.17, 15) is 14.7 Å². The number of aromatic hydroxyl groups is 1. The predicted octanol–water partition coefficient (Wildman–Crippen LogP) is 3.72. The van der Waals surface area contributed by atoms with Crippen molar-refractivity contribution in [3.8, 4) is 5.75 Å². The Kier molecular flexibility index (Phi) is 4.50. The van der Waals surface area contributed by atoms with E-state index in [1.54, 1.807) is 30.3 Å². The van der Waals surface area contributed by atoms with Crippen molar-refractivity contribution >= 4 is 22.6 Å². The molecule has 0 aromatic heterocycles. The van der Waals surface area contributed by atoms with Crippen molar-refractivity contribution in [3.63, 3.8) is 0 Å². The molecular weight excluding hydrogens is 342 g/mol. The first-order chi connectivity index (χ1) is 13.1. The number of phenols is 1. The van der Waals surface area contributed by atoms with E-state index in [4.69, 9.17) is 4.74 Å². The van der Waals surface area contributed by atoms with E-state index in [-0.39, 0.29) is 23.3 Å². The number of benzene rings is 3. The maximum Gasteiger partial charge on any atom is 0.343 e. The van der Waals surface area contributed by atoms with Gasteiger partial charge in [-0.05, 0) is 35.7 Å². The van der Waals surface area contributed by atoms with Crippen molar-refractivity contribution in [3.05, 3.63) is 77.9 Å². The molecule has 0 unspecified atom stereocenters. The summed E-state index contributed by atoms with van der Waals surface area (Å²) in [6.45, 7) is 0. The molecule has 3 aromatic rings. The van der Waals surface area contributed by atoms with Crippen LogP contribution in [0.3, 0.4) is 0 Å². The Labute approximate surface area is 156 Å². The van der Waals surface area contributed by atoms with Crippen LogP contribution in [0, 0.1) is 0 Å². The molecule has 0 saturated heterocycles. The van der Waals surface area contributed by atoms with Crippen LogP contribution in [0.2, 0.25) is 0 Å². The van der Waals surface area contributed by atoms with Gasteiger partial charge in [-0.1, -0.05) is 54.6 Å². The summed E-state index contributed by atoms with van der Waals surface area (Å²) in [5.41, 5.74) is 0.623. The van der Waals surface area contributed by atoms with E-state index in [0.717, 1.165) is 23.6 Å². The zero-order valence-electron chi connectivity index (χ0n) is 14.6. The smallest absolute Gasteiger partial charge is 0.343 e. The van der Waals surface area contributed by atoms with Crippen LogP contribution in [0.5, 0.6) is 5.75 Å².